The zero-order valence-corrected chi connectivity index (χ0v) is 17.5. The number of nitrogens with one attached hydrogen (secondary N) is 1. The summed E-state index contributed by atoms with van der Waals surface area (Å²) in [6, 6.07) is 11.6. The van der Waals surface area contributed by atoms with E-state index in [1.165, 1.54) is 11.8 Å². The van der Waals surface area contributed by atoms with Gasteiger partial charge in [-0.1, -0.05) is 49.7 Å². The predicted molar refractivity (Wildman–Crippen MR) is 117 cm³/mol. The first kappa shape index (κ1) is 21.1. The van der Waals surface area contributed by atoms with E-state index in [0.29, 0.717) is 42.7 Å². The molecule has 2 aromatic rings. The molecule has 5 nitrogen and oxygen atoms in total. The van der Waals surface area contributed by atoms with Gasteiger partial charge >= 0.3 is 0 Å². The van der Waals surface area contributed by atoms with E-state index in [-0.39, 0.29) is 17.7 Å². The van der Waals surface area contributed by atoms with Crippen LogP contribution in [-0.4, -0.2) is 34.8 Å². The van der Waals surface area contributed by atoms with E-state index in [0.717, 1.165) is 5.56 Å². The zero-order chi connectivity index (χ0) is 20.8. The highest BCUT2D eigenvalue weighted by molar-refractivity contribution is 6.30. The number of rotatable bonds is 5. The average molecular weight is 412 g/mol. The van der Waals surface area contributed by atoms with E-state index in [9.17, 15) is 9.59 Å². The number of pyridine rings is 1. The highest BCUT2D eigenvalue weighted by atomic mass is 35.5. The number of halogens is 1. The van der Waals surface area contributed by atoms with Gasteiger partial charge in [0.2, 0.25) is 11.8 Å². The highest BCUT2D eigenvalue weighted by Gasteiger charge is 2.26. The molecule has 1 fully saturated rings. The molecule has 1 N–H and O–H groups in total. The molecule has 1 aliphatic rings. The summed E-state index contributed by atoms with van der Waals surface area (Å²) < 4.78 is 0. The Kier molecular flexibility index (Phi) is 7.04. The van der Waals surface area contributed by atoms with Gasteiger partial charge in [-0.15, -0.1) is 0 Å². The summed E-state index contributed by atoms with van der Waals surface area (Å²) in [5, 5.41) is 3.34. The lowest BCUT2D eigenvalue weighted by atomic mass is 9.96. The molecule has 1 aromatic heterocycles. The van der Waals surface area contributed by atoms with Crippen LogP contribution in [0.3, 0.4) is 0 Å². The van der Waals surface area contributed by atoms with E-state index in [4.69, 9.17) is 11.6 Å². The number of aromatic nitrogens is 1. The summed E-state index contributed by atoms with van der Waals surface area (Å²) in [6.07, 6.45) is 6.24. The van der Waals surface area contributed by atoms with Crippen LogP contribution in [0.4, 0.5) is 5.82 Å². The van der Waals surface area contributed by atoms with Gasteiger partial charge in [-0.2, -0.15) is 0 Å². The van der Waals surface area contributed by atoms with Crippen molar-refractivity contribution in [1.82, 2.24) is 9.88 Å². The van der Waals surface area contributed by atoms with Crippen molar-refractivity contribution >= 4 is 35.3 Å². The van der Waals surface area contributed by atoms with E-state index in [2.05, 4.69) is 36.3 Å². The van der Waals surface area contributed by atoms with Crippen molar-refractivity contribution in [2.45, 2.75) is 32.6 Å². The first-order valence-electron chi connectivity index (χ1n) is 9.92. The number of hydrogen-bond donors (Lipinski definition) is 1. The third-order valence-corrected chi connectivity index (χ3v) is 5.40. The summed E-state index contributed by atoms with van der Waals surface area (Å²) in [5.74, 6) is 0.779. The molecular weight excluding hydrogens is 386 g/mol. The van der Waals surface area contributed by atoms with E-state index in [1.807, 2.05) is 18.2 Å². The molecule has 0 bridgehead atoms. The highest BCUT2D eigenvalue weighted by Crippen LogP contribution is 2.20. The maximum Gasteiger partial charge on any atom is 0.246 e. The number of likely N-dealkylation sites (tertiary alicyclic amines) is 1. The Morgan fingerprint density at radius 3 is 2.41 bits per heavy atom. The molecule has 6 heteroatoms. The fourth-order valence-corrected chi connectivity index (χ4v) is 3.42. The fraction of sp³-hybridized carbons (Fsp3) is 0.348. The van der Waals surface area contributed by atoms with Crippen LogP contribution in [0.5, 0.6) is 0 Å². The minimum absolute atomic E-state index is 0.0174. The summed E-state index contributed by atoms with van der Waals surface area (Å²) in [7, 11) is 0. The third kappa shape index (κ3) is 5.91. The molecule has 152 valence electrons. The van der Waals surface area contributed by atoms with E-state index < -0.39 is 0 Å². The number of piperidine rings is 1. The Hall–Kier alpha value is -2.66. The van der Waals surface area contributed by atoms with E-state index >= 15 is 0 Å². The standard InChI is InChI=1S/C23H26ClN3O2/c1-16(2)18-6-3-17(4-7-18)5-10-22(28)27-13-11-19(12-14-27)23(29)26-21-9-8-20(24)15-25-21/h3-10,15-16,19H,11-14H2,1-2H3,(H,25,26,29)/b10-5+. The van der Waals surface area contributed by atoms with Crippen LogP contribution in [0.2, 0.25) is 5.02 Å². The van der Waals surface area contributed by atoms with Crippen LogP contribution in [0.1, 0.15) is 43.7 Å². The molecule has 0 unspecified atom stereocenters. The number of hydrogen-bond acceptors (Lipinski definition) is 3. The molecule has 0 aliphatic carbocycles. The van der Waals surface area contributed by atoms with Gasteiger partial charge in [0, 0.05) is 31.3 Å². The first-order chi connectivity index (χ1) is 13.9. The average Bonchev–Trinajstić information content (AvgIpc) is 2.74. The SMILES string of the molecule is CC(C)c1ccc(/C=C/C(=O)N2CCC(C(=O)Nc3ccc(Cl)cn3)CC2)cc1. The Labute approximate surface area is 176 Å². The number of nitrogens with zero attached hydrogens (tertiary/aromatic N) is 2. The molecule has 2 heterocycles. The second kappa shape index (κ2) is 9.70. The summed E-state index contributed by atoms with van der Waals surface area (Å²) in [6.45, 7) is 5.46. The lowest BCUT2D eigenvalue weighted by Gasteiger charge is -2.30. The largest absolute Gasteiger partial charge is 0.339 e. The molecule has 2 amide bonds. The first-order valence-corrected chi connectivity index (χ1v) is 10.3. The minimum Gasteiger partial charge on any atom is -0.339 e. The maximum atomic E-state index is 12.5. The van der Waals surface area contributed by atoms with Crippen molar-refractivity contribution in [2.75, 3.05) is 18.4 Å². The molecule has 1 aliphatic heterocycles. The molecular formula is C23H26ClN3O2. The number of anilines is 1. The van der Waals surface area contributed by atoms with Crippen LogP contribution < -0.4 is 5.32 Å². The number of carbonyl (C=O) groups is 2. The van der Waals surface area contributed by atoms with Crippen LogP contribution >= 0.6 is 11.6 Å². The third-order valence-electron chi connectivity index (χ3n) is 5.18. The van der Waals surface area contributed by atoms with Gasteiger partial charge < -0.3 is 10.2 Å². The van der Waals surface area contributed by atoms with Gasteiger partial charge in [0.05, 0.1) is 5.02 Å². The Bertz CT molecular complexity index is 868. The van der Waals surface area contributed by atoms with Crippen LogP contribution in [0.15, 0.2) is 48.7 Å². The van der Waals surface area contributed by atoms with E-state index in [1.54, 1.807) is 23.1 Å². The maximum absolute atomic E-state index is 12.5. The Balaban J connectivity index is 1.48. The summed E-state index contributed by atoms with van der Waals surface area (Å²) in [4.78, 5) is 30.8. The predicted octanol–water partition coefficient (Wildman–Crippen LogP) is 4.75. The van der Waals surface area contributed by atoms with Crippen molar-refractivity contribution in [3.8, 4) is 0 Å². The number of carbonyl (C=O) groups excluding carboxylic acids is 2. The second-order valence-corrected chi connectivity index (χ2v) is 8.04. The van der Waals surface area contributed by atoms with Crippen molar-refractivity contribution in [3.63, 3.8) is 0 Å². The molecule has 0 atom stereocenters. The van der Waals surface area contributed by atoms with Gasteiger partial charge in [0.1, 0.15) is 5.82 Å². The molecule has 0 spiro atoms. The number of benzene rings is 1. The molecule has 29 heavy (non-hydrogen) atoms. The Morgan fingerprint density at radius 1 is 1.14 bits per heavy atom. The molecule has 1 aromatic carbocycles. The molecule has 0 radical (unpaired) electrons. The summed E-state index contributed by atoms with van der Waals surface area (Å²) in [5.41, 5.74) is 2.29. The zero-order valence-electron chi connectivity index (χ0n) is 16.8. The molecule has 3 rings (SSSR count). The minimum atomic E-state index is -0.121. The smallest absolute Gasteiger partial charge is 0.246 e. The normalized spacial score (nSPS) is 15.1. The van der Waals surface area contributed by atoms with Gasteiger partial charge in [-0.3, -0.25) is 9.59 Å². The lowest BCUT2D eigenvalue weighted by molar-refractivity contribution is -0.130. The van der Waals surface area contributed by atoms with Gasteiger partial charge in [-0.25, -0.2) is 4.98 Å². The van der Waals surface area contributed by atoms with Crippen LogP contribution in [0.25, 0.3) is 6.08 Å². The van der Waals surface area contributed by atoms with Gasteiger partial charge in [0.25, 0.3) is 0 Å². The monoisotopic (exact) mass is 411 g/mol. The van der Waals surface area contributed by atoms with Crippen LogP contribution in [0, 0.1) is 5.92 Å². The summed E-state index contributed by atoms with van der Waals surface area (Å²) >= 11 is 5.81. The van der Waals surface area contributed by atoms with Gasteiger partial charge in [-0.05, 0) is 48.1 Å². The quantitative estimate of drug-likeness (QED) is 0.722. The molecule has 0 saturated carbocycles. The topological polar surface area (TPSA) is 62.3 Å². The second-order valence-electron chi connectivity index (χ2n) is 7.61. The number of amides is 2. The lowest BCUT2D eigenvalue weighted by Crippen LogP contribution is -2.40. The Morgan fingerprint density at radius 2 is 1.83 bits per heavy atom. The van der Waals surface area contributed by atoms with Crippen LogP contribution in [-0.2, 0) is 9.59 Å². The van der Waals surface area contributed by atoms with Crippen molar-refractivity contribution in [2.24, 2.45) is 5.92 Å². The van der Waals surface area contributed by atoms with Crippen molar-refractivity contribution in [3.05, 3.63) is 64.8 Å². The molecule has 1 saturated heterocycles. The van der Waals surface area contributed by atoms with Crippen molar-refractivity contribution in [1.29, 1.82) is 0 Å². The van der Waals surface area contributed by atoms with Gasteiger partial charge in [0.15, 0.2) is 0 Å². The van der Waals surface area contributed by atoms with Crippen molar-refractivity contribution < 1.29 is 9.59 Å². The fourth-order valence-electron chi connectivity index (χ4n) is 3.31.